The molecule has 0 aliphatic rings. The average Bonchev–Trinajstić information content (AvgIpc) is 3.25. The molecule has 0 N–H and O–H groups in total. The van der Waals surface area contributed by atoms with Gasteiger partial charge in [-0.15, -0.1) is 11.3 Å². The molecule has 0 aliphatic heterocycles. The number of thioether (sulfide) groups is 1. The van der Waals surface area contributed by atoms with Crippen molar-refractivity contribution in [1.29, 1.82) is 5.26 Å². The van der Waals surface area contributed by atoms with Gasteiger partial charge in [-0.2, -0.15) is 5.26 Å². The van der Waals surface area contributed by atoms with Gasteiger partial charge in [-0.25, -0.2) is 4.98 Å². The molecule has 0 saturated carbocycles. The van der Waals surface area contributed by atoms with E-state index in [9.17, 15) is 15.4 Å². The van der Waals surface area contributed by atoms with Crippen LogP contribution in [0.1, 0.15) is 11.1 Å². The van der Waals surface area contributed by atoms with Crippen LogP contribution < -0.4 is 9.47 Å². The number of hydrogen-bond acceptors (Lipinski definition) is 8. The highest BCUT2D eigenvalue weighted by molar-refractivity contribution is 9.10. The van der Waals surface area contributed by atoms with Crippen LogP contribution in [0, 0.1) is 21.4 Å². The van der Waals surface area contributed by atoms with Crippen molar-refractivity contribution < 1.29 is 14.4 Å². The van der Waals surface area contributed by atoms with Gasteiger partial charge in [0, 0.05) is 12.1 Å². The number of aromatic nitrogens is 1. The number of rotatable bonds is 8. The highest BCUT2D eigenvalue weighted by Crippen LogP contribution is 2.39. The molecule has 0 bridgehead atoms. The van der Waals surface area contributed by atoms with Gasteiger partial charge in [0.05, 0.1) is 31.6 Å². The molecule has 0 fully saturated rings. The number of nitriles is 1. The lowest BCUT2D eigenvalue weighted by atomic mass is 10.2. The fourth-order valence-corrected chi connectivity index (χ4v) is 5.61. The topological polar surface area (TPSA) is 98.3 Å². The molecule has 1 aromatic heterocycles. The van der Waals surface area contributed by atoms with Gasteiger partial charge in [-0.05, 0) is 81.3 Å². The molecular weight excluding hydrogens is 538 g/mol. The summed E-state index contributed by atoms with van der Waals surface area (Å²) in [7, 11) is 1.54. The van der Waals surface area contributed by atoms with E-state index in [1.165, 1.54) is 31.0 Å². The van der Waals surface area contributed by atoms with Crippen LogP contribution in [0.5, 0.6) is 11.5 Å². The Hall–Kier alpha value is -3.39. The number of hydrogen-bond donors (Lipinski definition) is 0. The molecule has 0 amide bonds. The first-order valence-corrected chi connectivity index (χ1v) is 12.3. The molecule has 3 aromatic carbocycles. The van der Waals surface area contributed by atoms with Crippen molar-refractivity contribution >= 4 is 61.0 Å². The minimum Gasteiger partial charge on any atom is -0.493 e. The van der Waals surface area contributed by atoms with Crippen molar-refractivity contribution in [2.75, 3.05) is 7.11 Å². The number of methoxy groups -OCH3 is 1. The third-order valence-corrected chi connectivity index (χ3v) is 7.28. The molecule has 10 heteroatoms. The van der Waals surface area contributed by atoms with Gasteiger partial charge < -0.3 is 9.47 Å². The number of non-ortho nitro benzene ring substituents is 1. The van der Waals surface area contributed by atoms with Crippen LogP contribution in [-0.4, -0.2) is 17.0 Å². The van der Waals surface area contributed by atoms with E-state index in [0.29, 0.717) is 20.9 Å². The lowest BCUT2D eigenvalue weighted by Gasteiger charge is -2.14. The van der Waals surface area contributed by atoms with E-state index in [4.69, 9.17) is 9.47 Å². The van der Waals surface area contributed by atoms with E-state index in [1.807, 2.05) is 30.3 Å². The first kappa shape index (κ1) is 23.8. The summed E-state index contributed by atoms with van der Waals surface area (Å²) in [4.78, 5) is 15.4. The standard InChI is InChI=1S/C24H16BrN3O4S2/c1-31-21-12-16(10-18(13-26)33-24-27-20-4-2-3-5-22(20)34-24)11-19(25)23(21)32-14-15-6-8-17(9-7-15)28(29)30/h2-12H,14H2,1H3/b18-10+. The van der Waals surface area contributed by atoms with Crippen molar-refractivity contribution in [3.05, 3.63) is 91.3 Å². The zero-order valence-electron chi connectivity index (χ0n) is 17.7. The van der Waals surface area contributed by atoms with Gasteiger partial charge in [-0.3, -0.25) is 10.1 Å². The number of nitro groups is 1. The molecule has 34 heavy (non-hydrogen) atoms. The number of fused-ring (bicyclic) bond motifs is 1. The van der Waals surface area contributed by atoms with E-state index in [-0.39, 0.29) is 12.3 Å². The number of allylic oxidation sites excluding steroid dienone is 1. The van der Waals surface area contributed by atoms with Crippen molar-refractivity contribution in [3.8, 4) is 17.6 Å². The Morgan fingerprint density at radius 1 is 1.26 bits per heavy atom. The molecule has 170 valence electrons. The van der Waals surface area contributed by atoms with Crippen LogP contribution in [0.3, 0.4) is 0 Å². The van der Waals surface area contributed by atoms with E-state index in [1.54, 1.807) is 35.6 Å². The smallest absolute Gasteiger partial charge is 0.269 e. The first-order chi connectivity index (χ1) is 16.5. The summed E-state index contributed by atoms with van der Waals surface area (Å²) in [6, 6.07) is 19.9. The number of para-hydroxylation sites is 1. The SMILES string of the molecule is COc1cc(/C=C(\C#N)Sc2nc3ccccc3s2)cc(Br)c1OCc1ccc([N+](=O)[O-])cc1. The second-order valence-corrected chi connectivity index (χ2v) is 10.1. The summed E-state index contributed by atoms with van der Waals surface area (Å²) in [6.07, 6.45) is 1.77. The van der Waals surface area contributed by atoms with Gasteiger partial charge in [0.25, 0.3) is 5.69 Å². The summed E-state index contributed by atoms with van der Waals surface area (Å²) in [5.74, 6) is 0.986. The maximum atomic E-state index is 10.8. The van der Waals surface area contributed by atoms with Crippen molar-refractivity contribution in [3.63, 3.8) is 0 Å². The number of ether oxygens (including phenoxy) is 2. The zero-order chi connectivity index (χ0) is 24.1. The van der Waals surface area contributed by atoms with Gasteiger partial charge in [0.2, 0.25) is 0 Å². The monoisotopic (exact) mass is 553 g/mol. The van der Waals surface area contributed by atoms with Crippen molar-refractivity contribution in [2.45, 2.75) is 10.9 Å². The predicted octanol–water partition coefficient (Wildman–Crippen LogP) is 7.21. The minimum absolute atomic E-state index is 0.0238. The van der Waals surface area contributed by atoms with E-state index >= 15 is 0 Å². The Labute approximate surface area is 211 Å². The lowest BCUT2D eigenvalue weighted by Crippen LogP contribution is -1.99. The molecule has 7 nitrogen and oxygen atoms in total. The van der Waals surface area contributed by atoms with Gasteiger partial charge >= 0.3 is 0 Å². The van der Waals surface area contributed by atoms with Crippen molar-refractivity contribution in [2.24, 2.45) is 0 Å². The van der Waals surface area contributed by atoms with Crippen LogP contribution >= 0.6 is 39.0 Å². The second-order valence-electron chi connectivity index (χ2n) is 6.92. The quantitative estimate of drug-likeness (QED) is 0.0982. The highest BCUT2D eigenvalue weighted by Gasteiger charge is 2.14. The largest absolute Gasteiger partial charge is 0.493 e. The number of benzene rings is 3. The molecule has 0 atom stereocenters. The predicted molar refractivity (Wildman–Crippen MR) is 137 cm³/mol. The molecule has 4 aromatic rings. The fourth-order valence-electron chi connectivity index (χ4n) is 3.06. The van der Waals surface area contributed by atoms with E-state index < -0.39 is 4.92 Å². The van der Waals surface area contributed by atoms with Gasteiger partial charge in [-0.1, -0.05) is 12.1 Å². The van der Waals surface area contributed by atoms with Gasteiger partial charge in [0.15, 0.2) is 15.8 Å². The Balaban J connectivity index is 1.53. The Morgan fingerprint density at radius 2 is 2.03 bits per heavy atom. The number of halogens is 1. The van der Waals surface area contributed by atoms with Crippen LogP contribution in [0.4, 0.5) is 5.69 Å². The molecule has 0 radical (unpaired) electrons. The molecule has 0 spiro atoms. The Kier molecular flexibility index (Phi) is 7.47. The third-order valence-electron chi connectivity index (χ3n) is 4.66. The summed E-state index contributed by atoms with van der Waals surface area (Å²) >= 11 is 6.38. The third kappa shape index (κ3) is 5.56. The number of nitrogens with zero attached hydrogens (tertiary/aromatic N) is 3. The van der Waals surface area contributed by atoms with E-state index in [2.05, 4.69) is 27.0 Å². The van der Waals surface area contributed by atoms with Crippen LogP contribution in [-0.2, 0) is 6.61 Å². The van der Waals surface area contributed by atoms with Gasteiger partial charge in [0.1, 0.15) is 12.7 Å². The number of thiazole rings is 1. The average molecular weight is 554 g/mol. The highest BCUT2D eigenvalue weighted by atomic mass is 79.9. The zero-order valence-corrected chi connectivity index (χ0v) is 20.9. The van der Waals surface area contributed by atoms with Crippen LogP contribution in [0.2, 0.25) is 0 Å². The second kappa shape index (κ2) is 10.7. The molecular formula is C24H16BrN3O4S2. The fraction of sp³-hybridized carbons (Fsp3) is 0.0833. The molecule has 1 heterocycles. The van der Waals surface area contributed by atoms with Crippen LogP contribution in [0.25, 0.3) is 16.3 Å². The molecule has 0 saturated heterocycles. The Morgan fingerprint density at radius 3 is 2.71 bits per heavy atom. The molecule has 0 unspecified atom stereocenters. The molecule has 4 rings (SSSR count). The molecule has 0 aliphatic carbocycles. The summed E-state index contributed by atoms with van der Waals surface area (Å²) in [5.41, 5.74) is 2.47. The maximum Gasteiger partial charge on any atom is 0.269 e. The van der Waals surface area contributed by atoms with E-state index in [0.717, 1.165) is 25.7 Å². The normalized spacial score (nSPS) is 11.3. The minimum atomic E-state index is -0.443. The number of nitro benzene ring substituents is 1. The summed E-state index contributed by atoms with van der Waals surface area (Å²) in [6.45, 7) is 0.207. The summed E-state index contributed by atoms with van der Waals surface area (Å²) in [5, 5.41) is 20.5. The van der Waals surface area contributed by atoms with Crippen molar-refractivity contribution in [1.82, 2.24) is 4.98 Å². The lowest BCUT2D eigenvalue weighted by molar-refractivity contribution is -0.384. The maximum absolute atomic E-state index is 10.8. The Bertz CT molecular complexity index is 1400. The first-order valence-electron chi connectivity index (χ1n) is 9.85. The van der Waals surface area contributed by atoms with Crippen LogP contribution in [0.15, 0.2) is 74.4 Å². The summed E-state index contributed by atoms with van der Waals surface area (Å²) < 4.78 is 13.9.